The largest absolute Gasteiger partial charge is 0.369 e. The molecular formula is C15H18N4O2S. The van der Waals surface area contributed by atoms with E-state index < -0.39 is 0 Å². The summed E-state index contributed by atoms with van der Waals surface area (Å²) in [4.78, 5) is 29.9. The molecule has 1 aliphatic heterocycles. The molecule has 1 aliphatic rings. The normalized spacial score (nSPS) is 21.8. The minimum atomic E-state index is -0.343. The summed E-state index contributed by atoms with van der Waals surface area (Å²) in [5.74, 6) is -0.609. The molecule has 0 unspecified atom stereocenters. The van der Waals surface area contributed by atoms with E-state index >= 15 is 0 Å². The molecule has 6 nitrogen and oxygen atoms in total. The molecule has 1 aromatic carbocycles. The Bertz CT molecular complexity index is 681. The molecule has 22 heavy (non-hydrogen) atoms. The van der Waals surface area contributed by atoms with Crippen molar-refractivity contribution < 1.29 is 9.59 Å². The van der Waals surface area contributed by atoms with E-state index in [4.69, 9.17) is 5.73 Å². The fraction of sp³-hybridized carbons (Fsp3) is 0.400. The molecule has 2 heterocycles. The number of rotatable bonds is 2. The van der Waals surface area contributed by atoms with E-state index in [2.05, 4.69) is 10.3 Å². The Labute approximate surface area is 132 Å². The highest BCUT2D eigenvalue weighted by Gasteiger charge is 2.31. The molecule has 7 heteroatoms. The van der Waals surface area contributed by atoms with Crippen molar-refractivity contribution in [1.29, 1.82) is 0 Å². The van der Waals surface area contributed by atoms with Crippen molar-refractivity contribution in [3.8, 4) is 0 Å². The maximum atomic E-state index is 12.5. The first-order valence-corrected chi connectivity index (χ1v) is 8.09. The summed E-state index contributed by atoms with van der Waals surface area (Å²) in [6, 6.07) is 7.60. The van der Waals surface area contributed by atoms with Crippen LogP contribution in [0, 0.1) is 5.92 Å². The third-order valence-electron chi connectivity index (χ3n) is 4.05. The minimum absolute atomic E-state index is 0.0879. The van der Waals surface area contributed by atoms with Gasteiger partial charge < -0.3 is 10.6 Å². The average molecular weight is 318 g/mol. The molecular weight excluding hydrogens is 300 g/mol. The molecule has 2 aromatic rings. The van der Waals surface area contributed by atoms with Crippen LogP contribution in [0.25, 0.3) is 10.2 Å². The van der Waals surface area contributed by atoms with Crippen molar-refractivity contribution in [2.45, 2.75) is 25.8 Å². The van der Waals surface area contributed by atoms with Crippen LogP contribution in [0.15, 0.2) is 24.3 Å². The number of primary amides is 1. The highest BCUT2D eigenvalue weighted by molar-refractivity contribution is 7.22. The molecule has 3 N–H and O–H groups in total. The second-order valence-corrected chi connectivity index (χ2v) is 6.63. The summed E-state index contributed by atoms with van der Waals surface area (Å²) in [5.41, 5.74) is 6.24. The number of aromatic nitrogens is 1. The highest BCUT2D eigenvalue weighted by Crippen LogP contribution is 2.27. The van der Waals surface area contributed by atoms with Crippen molar-refractivity contribution in [2.75, 3.05) is 11.9 Å². The van der Waals surface area contributed by atoms with Crippen molar-refractivity contribution in [1.82, 2.24) is 9.88 Å². The number of nitrogens with zero attached hydrogens (tertiary/aromatic N) is 2. The predicted octanol–water partition coefficient (Wildman–Crippen LogP) is 2.41. The van der Waals surface area contributed by atoms with Crippen LogP contribution in [0.5, 0.6) is 0 Å². The fourth-order valence-corrected chi connectivity index (χ4v) is 3.57. The number of fused-ring (bicyclic) bond motifs is 1. The van der Waals surface area contributed by atoms with Crippen LogP contribution >= 0.6 is 11.3 Å². The first-order chi connectivity index (χ1) is 10.5. The number of benzene rings is 1. The molecule has 3 rings (SSSR count). The predicted molar refractivity (Wildman–Crippen MR) is 86.7 cm³/mol. The van der Waals surface area contributed by atoms with E-state index in [-0.39, 0.29) is 23.9 Å². The number of piperidine rings is 1. The fourth-order valence-electron chi connectivity index (χ4n) is 2.71. The number of para-hydroxylation sites is 1. The quantitative estimate of drug-likeness (QED) is 0.891. The third kappa shape index (κ3) is 2.89. The van der Waals surface area contributed by atoms with Gasteiger partial charge in [0.25, 0.3) is 0 Å². The number of carbonyl (C=O) groups excluding carboxylic acids is 2. The van der Waals surface area contributed by atoms with E-state index in [1.807, 2.05) is 31.2 Å². The van der Waals surface area contributed by atoms with Gasteiger partial charge in [0.15, 0.2) is 5.13 Å². The Morgan fingerprint density at radius 3 is 2.86 bits per heavy atom. The standard InChI is InChI=1S/C15H18N4O2S/c1-9-6-7-10(13(16)20)8-19(9)15(21)18-14-17-11-4-2-3-5-12(11)22-14/h2-5,9-10H,6-8H2,1H3,(H2,16,20)(H,17,18,21)/t9-,10+/m1/s1. The molecule has 1 saturated heterocycles. The van der Waals surface area contributed by atoms with Crippen molar-refractivity contribution in [3.05, 3.63) is 24.3 Å². The Morgan fingerprint density at radius 1 is 1.36 bits per heavy atom. The van der Waals surface area contributed by atoms with Gasteiger partial charge in [-0.1, -0.05) is 23.5 Å². The van der Waals surface area contributed by atoms with Gasteiger partial charge in [-0.2, -0.15) is 0 Å². The Balaban J connectivity index is 1.73. The molecule has 0 spiro atoms. The van der Waals surface area contributed by atoms with E-state index in [1.54, 1.807) is 4.90 Å². The number of amides is 3. The minimum Gasteiger partial charge on any atom is -0.369 e. The number of urea groups is 1. The Morgan fingerprint density at radius 2 is 2.14 bits per heavy atom. The van der Waals surface area contributed by atoms with Gasteiger partial charge in [0.05, 0.1) is 16.1 Å². The van der Waals surface area contributed by atoms with Crippen molar-refractivity contribution in [3.63, 3.8) is 0 Å². The van der Waals surface area contributed by atoms with E-state index in [0.29, 0.717) is 11.7 Å². The summed E-state index contributed by atoms with van der Waals surface area (Å²) in [6.45, 7) is 2.35. The van der Waals surface area contributed by atoms with Crippen LogP contribution in [0.3, 0.4) is 0 Å². The highest BCUT2D eigenvalue weighted by atomic mass is 32.1. The molecule has 1 aromatic heterocycles. The van der Waals surface area contributed by atoms with Crippen LogP contribution in [0.4, 0.5) is 9.93 Å². The first-order valence-electron chi connectivity index (χ1n) is 7.27. The maximum absolute atomic E-state index is 12.5. The summed E-state index contributed by atoms with van der Waals surface area (Å²) in [6.07, 6.45) is 1.52. The number of hydrogen-bond acceptors (Lipinski definition) is 4. The maximum Gasteiger partial charge on any atom is 0.323 e. The average Bonchev–Trinajstić information content (AvgIpc) is 2.89. The van der Waals surface area contributed by atoms with Crippen molar-refractivity contribution in [2.24, 2.45) is 11.7 Å². The molecule has 3 amide bonds. The lowest BCUT2D eigenvalue weighted by atomic mass is 9.93. The van der Waals surface area contributed by atoms with Gasteiger partial charge in [0.2, 0.25) is 5.91 Å². The zero-order valence-corrected chi connectivity index (χ0v) is 13.1. The zero-order valence-electron chi connectivity index (χ0n) is 12.3. The summed E-state index contributed by atoms with van der Waals surface area (Å²) < 4.78 is 1.03. The van der Waals surface area contributed by atoms with Gasteiger partial charge in [-0.25, -0.2) is 9.78 Å². The van der Waals surface area contributed by atoms with Gasteiger partial charge in [-0.15, -0.1) is 0 Å². The van der Waals surface area contributed by atoms with E-state index in [0.717, 1.165) is 23.1 Å². The van der Waals surface area contributed by atoms with Gasteiger partial charge in [0, 0.05) is 12.6 Å². The van der Waals surface area contributed by atoms with E-state index in [1.165, 1.54) is 11.3 Å². The second kappa shape index (κ2) is 5.92. The number of nitrogens with two attached hydrogens (primary N) is 1. The van der Waals surface area contributed by atoms with Crippen LogP contribution in [-0.4, -0.2) is 34.4 Å². The number of anilines is 1. The molecule has 0 saturated carbocycles. The lowest BCUT2D eigenvalue weighted by Crippen LogP contribution is -2.50. The third-order valence-corrected chi connectivity index (χ3v) is 5.00. The van der Waals surface area contributed by atoms with E-state index in [9.17, 15) is 9.59 Å². The van der Waals surface area contributed by atoms with Crippen LogP contribution in [-0.2, 0) is 4.79 Å². The second-order valence-electron chi connectivity index (χ2n) is 5.59. The number of hydrogen-bond donors (Lipinski definition) is 2. The Kier molecular flexibility index (Phi) is 3.98. The van der Waals surface area contributed by atoms with Gasteiger partial charge >= 0.3 is 6.03 Å². The number of carbonyl (C=O) groups is 2. The molecule has 116 valence electrons. The number of nitrogens with one attached hydrogen (secondary N) is 1. The Hall–Kier alpha value is -2.15. The zero-order chi connectivity index (χ0) is 15.7. The molecule has 0 bridgehead atoms. The molecule has 0 aliphatic carbocycles. The molecule has 1 fully saturated rings. The first kappa shape index (κ1) is 14.8. The summed E-state index contributed by atoms with van der Waals surface area (Å²) >= 11 is 1.44. The van der Waals surface area contributed by atoms with Crippen LogP contribution in [0.2, 0.25) is 0 Å². The lowest BCUT2D eigenvalue weighted by Gasteiger charge is -2.36. The van der Waals surface area contributed by atoms with Gasteiger partial charge in [0.1, 0.15) is 0 Å². The van der Waals surface area contributed by atoms with Crippen molar-refractivity contribution >= 4 is 38.6 Å². The lowest BCUT2D eigenvalue weighted by molar-refractivity contribution is -0.123. The number of thiazole rings is 1. The van der Waals surface area contributed by atoms with Gasteiger partial charge in [-0.3, -0.25) is 10.1 Å². The SMILES string of the molecule is C[C@@H]1CC[C@H](C(N)=O)CN1C(=O)Nc1nc2ccccc2s1. The topological polar surface area (TPSA) is 88.3 Å². The smallest absolute Gasteiger partial charge is 0.323 e. The summed E-state index contributed by atoms with van der Waals surface area (Å²) in [5, 5.41) is 3.40. The van der Waals surface area contributed by atoms with Crippen LogP contribution in [0.1, 0.15) is 19.8 Å². The van der Waals surface area contributed by atoms with Gasteiger partial charge in [-0.05, 0) is 31.9 Å². The van der Waals surface area contributed by atoms with Crippen LogP contribution < -0.4 is 11.1 Å². The molecule has 0 radical (unpaired) electrons. The monoisotopic (exact) mass is 318 g/mol. The number of likely N-dealkylation sites (tertiary alicyclic amines) is 1. The summed E-state index contributed by atoms with van der Waals surface area (Å²) in [7, 11) is 0. The molecule has 2 atom stereocenters.